The van der Waals surface area contributed by atoms with Crippen molar-refractivity contribution in [3.05, 3.63) is 282 Å². The van der Waals surface area contributed by atoms with Gasteiger partial charge in [0.2, 0.25) is 0 Å². The summed E-state index contributed by atoms with van der Waals surface area (Å²) in [7, 11) is -5.58. The molecule has 7 aromatic carbocycles. The van der Waals surface area contributed by atoms with E-state index in [9.17, 15) is 0 Å². The van der Waals surface area contributed by atoms with Gasteiger partial charge in [0, 0.05) is 5.88 Å². The number of hydrogen-bond donors (Lipinski definition) is 1. The fourth-order valence-corrected chi connectivity index (χ4v) is 20.4. The van der Waals surface area contributed by atoms with E-state index in [1.165, 1.54) is 130 Å². The molecule has 0 saturated heterocycles. The van der Waals surface area contributed by atoms with Crippen molar-refractivity contribution < 1.29 is 18.4 Å². The summed E-state index contributed by atoms with van der Waals surface area (Å²) in [6.45, 7) is 52.6. The van der Waals surface area contributed by atoms with Crippen molar-refractivity contribution in [3.63, 3.8) is 0 Å². The summed E-state index contributed by atoms with van der Waals surface area (Å²) < 4.78 is 18.9. The second kappa shape index (κ2) is 52.5. The highest BCUT2D eigenvalue weighted by molar-refractivity contribution is 7.20. The molecule has 2 unspecified atom stereocenters. The van der Waals surface area contributed by atoms with Gasteiger partial charge in [-0.25, -0.2) is 0 Å². The lowest BCUT2D eigenvalue weighted by atomic mass is 9.84. The first kappa shape index (κ1) is 89.5. The smallest absolute Gasteiger partial charge is 0.192 e. The average molecular weight is 1420 g/mol. The lowest BCUT2D eigenvalue weighted by molar-refractivity contribution is 0.282. The van der Waals surface area contributed by atoms with Crippen LogP contribution in [0.15, 0.2) is 215 Å². The Labute approximate surface area is 607 Å². The fourth-order valence-electron chi connectivity index (χ4n) is 11.0. The van der Waals surface area contributed by atoms with E-state index < -0.39 is 32.3 Å². The van der Waals surface area contributed by atoms with Crippen LogP contribution in [0.25, 0.3) is 30.4 Å². The van der Waals surface area contributed by atoms with Crippen molar-refractivity contribution in [1.82, 2.24) is 0 Å². The summed E-state index contributed by atoms with van der Waals surface area (Å²) in [4.78, 5) is 0. The van der Waals surface area contributed by atoms with E-state index in [0.717, 1.165) is 42.1 Å². The number of rotatable bonds is 33. The summed E-state index contributed by atoms with van der Waals surface area (Å²) in [5, 5.41) is 8.68. The maximum absolute atomic E-state index is 8.68. The number of benzene rings is 7. The van der Waals surface area contributed by atoms with Gasteiger partial charge < -0.3 is 18.4 Å². The van der Waals surface area contributed by atoms with Gasteiger partial charge in [-0.15, -0.1) is 11.6 Å². The Balaban J connectivity index is 0.000000593. The zero-order valence-electron chi connectivity index (χ0n) is 62.8. The molecule has 0 fully saturated rings. The molecule has 7 aromatic rings. The second-order valence-corrected chi connectivity index (χ2v) is 46.3. The Morgan fingerprint density at radius 3 is 0.856 bits per heavy atom. The van der Waals surface area contributed by atoms with Crippen LogP contribution in [0, 0.1) is 0 Å². The van der Waals surface area contributed by atoms with E-state index in [4.69, 9.17) is 41.1 Å². The van der Waals surface area contributed by atoms with Gasteiger partial charge >= 0.3 is 0 Å². The molecule has 0 saturated carbocycles. The molecule has 0 heterocycles. The molecule has 1 N–H and O–H groups in total. The summed E-state index contributed by atoms with van der Waals surface area (Å²) in [6, 6.07) is 77.3. The van der Waals surface area contributed by atoms with Crippen molar-refractivity contribution in [2.24, 2.45) is 0 Å². The van der Waals surface area contributed by atoms with Crippen LogP contribution in [-0.4, -0.2) is 37.4 Å². The molecule has 0 aliphatic rings. The van der Waals surface area contributed by atoms with Crippen molar-refractivity contribution in [3.8, 4) is 0 Å². The molecule has 530 valence electrons. The van der Waals surface area contributed by atoms with Gasteiger partial charge in [0.1, 0.15) is 0 Å². The summed E-state index contributed by atoms with van der Waals surface area (Å²) >= 11 is 11.8. The third-order valence-corrected chi connectivity index (χ3v) is 39.9. The highest BCUT2D eigenvalue weighted by Gasteiger charge is 2.30. The molecule has 2 atom stereocenters. The van der Waals surface area contributed by atoms with Crippen LogP contribution in [0.4, 0.5) is 0 Å². The Morgan fingerprint density at radius 1 is 0.351 bits per heavy atom. The molecule has 0 aromatic heterocycles. The Bertz CT molecular complexity index is 2950. The van der Waals surface area contributed by atoms with Gasteiger partial charge in [-0.2, -0.15) is 11.1 Å². The highest BCUT2D eigenvalue weighted by Crippen LogP contribution is 2.33. The van der Waals surface area contributed by atoms with Crippen molar-refractivity contribution >= 4 is 85.4 Å². The zero-order valence-corrected chi connectivity index (χ0v) is 68.3. The Hall–Kier alpha value is -5.47. The predicted octanol–water partition coefficient (Wildman–Crippen LogP) is 28.0. The summed E-state index contributed by atoms with van der Waals surface area (Å²) in [6.07, 6.45) is 11.6. The molecule has 97 heavy (non-hydrogen) atoms. The molecule has 0 aliphatic heterocycles. The standard InChI is InChI=1S/C25H38OSi.2C15H24OSi.C9H9Cl.C9H10O.C8H8.C6H15ClSi/c1-6-23(25-13-11-10-12-14-25)19-21(5)24-17-15-22(16-18-24)20-26-27(7-2,8-3)9-4;2*1-5-14-9-11-15(12-10-14)13-16-17(6-2,7-3)8-4;2*1-2-8-3-5-9(7-10)6-4-8;1-2-8-6-4-3-5-7-8;1-4-8(7,5-2)6-3/h10-18,21,23H,6-9,19-20H2,1-5H3;2*5,9-12H,1,6-8,13H2,2-4H3;2-6H,1,7H2;2-6,10H,1,7H2;2-7H,1H2;4-6H2,1-3H3. The number of aliphatic hydroxyl groups excluding tert-OH is 1. The third kappa shape index (κ3) is 34.9. The largest absolute Gasteiger partial charge is 0.413 e. The second-order valence-electron chi connectivity index (χ2n) is 24.9. The molecular weight excluding hydrogens is 1290 g/mol. The van der Waals surface area contributed by atoms with Crippen LogP contribution in [0.1, 0.15) is 188 Å². The van der Waals surface area contributed by atoms with Crippen LogP contribution in [0.5, 0.6) is 0 Å². The maximum Gasteiger partial charge on any atom is 0.192 e. The first-order valence-corrected chi connectivity index (χ1v) is 48.0. The zero-order chi connectivity index (χ0) is 72.4. The topological polar surface area (TPSA) is 47.9 Å². The van der Waals surface area contributed by atoms with E-state index >= 15 is 0 Å². The summed E-state index contributed by atoms with van der Waals surface area (Å²) in [5.74, 6) is 1.78. The van der Waals surface area contributed by atoms with E-state index in [-0.39, 0.29) is 6.61 Å². The van der Waals surface area contributed by atoms with E-state index in [2.05, 4.69) is 233 Å². The molecule has 0 spiro atoms. The minimum atomic E-state index is -1.50. The monoisotopic (exact) mass is 1420 g/mol. The lowest BCUT2D eigenvalue weighted by Crippen LogP contribution is -2.35. The van der Waals surface area contributed by atoms with Gasteiger partial charge in [-0.3, -0.25) is 0 Å². The molecule has 0 radical (unpaired) electrons. The molecule has 4 nitrogen and oxygen atoms in total. The van der Waals surface area contributed by atoms with Crippen LogP contribution >= 0.6 is 22.7 Å². The van der Waals surface area contributed by atoms with Gasteiger partial charge in [-0.05, 0) is 164 Å². The molecule has 0 aliphatic carbocycles. The van der Waals surface area contributed by atoms with E-state index in [0.29, 0.717) is 17.7 Å². The van der Waals surface area contributed by atoms with Gasteiger partial charge in [0.15, 0.2) is 32.3 Å². The number of alkyl halides is 1. The maximum atomic E-state index is 8.68. The van der Waals surface area contributed by atoms with E-state index in [1.807, 2.05) is 103 Å². The van der Waals surface area contributed by atoms with Gasteiger partial charge in [-0.1, -0.05) is 342 Å². The predicted molar refractivity (Wildman–Crippen MR) is 446 cm³/mol. The minimum absolute atomic E-state index is 0.109. The summed E-state index contributed by atoms with van der Waals surface area (Å²) in [5.41, 5.74) is 14.6. The van der Waals surface area contributed by atoms with Crippen LogP contribution in [0.3, 0.4) is 0 Å². The third-order valence-electron chi connectivity index (χ3n) is 19.5. The molecular formula is C87H128Cl2O4Si4. The minimum Gasteiger partial charge on any atom is -0.413 e. The van der Waals surface area contributed by atoms with Gasteiger partial charge in [0.05, 0.1) is 26.4 Å². The number of halogens is 2. The van der Waals surface area contributed by atoms with Gasteiger partial charge in [0.25, 0.3) is 0 Å². The number of aliphatic hydroxyl groups is 1. The van der Waals surface area contributed by atoms with Crippen LogP contribution in [-0.2, 0) is 45.6 Å². The normalized spacial score (nSPS) is 11.6. The molecule has 0 amide bonds. The van der Waals surface area contributed by atoms with Crippen LogP contribution < -0.4 is 0 Å². The van der Waals surface area contributed by atoms with Crippen molar-refractivity contribution in [2.75, 3.05) is 0 Å². The molecule has 0 bridgehead atoms. The number of hydrogen-bond acceptors (Lipinski definition) is 4. The molecule has 10 heteroatoms. The first-order chi connectivity index (χ1) is 46.8. The Kier molecular flexibility index (Phi) is 48.5. The van der Waals surface area contributed by atoms with Crippen LogP contribution in [0.2, 0.25) is 72.5 Å². The Morgan fingerprint density at radius 2 is 0.619 bits per heavy atom. The SMILES string of the molecule is C=Cc1ccc(CCl)cc1.C=Cc1ccc(CO)cc1.C=Cc1ccc(CO[Si](CC)(CC)CC)cc1.C=Cc1ccc(CO[Si](CC)(CC)CC)cc1.C=Cc1ccccc1.CCC(CC(C)c1ccc(CO[Si](CC)(CC)CC)cc1)c1ccccc1.CC[Si](Cl)(CC)CC. The quantitative estimate of drug-likeness (QED) is 0.0253. The first-order valence-electron chi connectivity index (χ1n) is 36.2. The lowest BCUT2D eigenvalue weighted by Gasteiger charge is -2.28. The van der Waals surface area contributed by atoms with Crippen molar-refractivity contribution in [1.29, 1.82) is 0 Å². The van der Waals surface area contributed by atoms with E-state index in [1.54, 1.807) is 6.08 Å². The molecule has 7 rings (SSSR count). The van der Waals surface area contributed by atoms with Crippen molar-refractivity contribution in [2.45, 2.75) is 226 Å². The highest BCUT2D eigenvalue weighted by atomic mass is 35.6. The average Bonchev–Trinajstić information content (AvgIpc) is 1.15. The fraction of sp³-hybridized carbons (Fsp3) is 0.402.